The number of benzene rings is 2. The Labute approximate surface area is 209 Å². The lowest BCUT2D eigenvalue weighted by Gasteiger charge is -2.33. The van der Waals surface area contributed by atoms with E-state index in [9.17, 15) is 0 Å². The molecule has 0 radical (unpaired) electrons. The Morgan fingerprint density at radius 2 is 1.97 bits per heavy atom. The molecule has 6 heteroatoms. The highest BCUT2D eigenvalue weighted by Gasteiger charge is 2.17. The zero-order valence-corrected chi connectivity index (χ0v) is 21.7. The SMILES string of the molecule is Cc1cccc2c1nc(COc1ccc(Cl)cc1)n2CCC(C)NCCCN1CCCCC1C. The molecule has 0 saturated carbocycles. The molecule has 1 aliphatic heterocycles. The Balaban J connectivity index is 1.33. The number of halogens is 1. The number of rotatable bonds is 11. The lowest BCUT2D eigenvalue weighted by Crippen LogP contribution is -2.39. The van der Waals surface area contributed by atoms with Crippen LogP contribution >= 0.6 is 11.6 Å². The summed E-state index contributed by atoms with van der Waals surface area (Å²) in [5.41, 5.74) is 3.44. The summed E-state index contributed by atoms with van der Waals surface area (Å²) in [5.74, 6) is 1.77. The summed E-state index contributed by atoms with van der Waals surface area (Å²) in [6, 6.07) is 15.1. The molecule has 1 fully saturated rings. The largest absolute Gasteiger partial charge is 0.486 e. The first-order chi connectivity index (χ1) is 16.5. The molecule has 34 heavy (non-hydrogen) atoms. The zero-order valence-electron chi connectivity index (χ0n) is 20.9. The molecule has 1 N–H and O–H groups in total. The fourth-order valence-corrected chi connectivity index (χ4v) is 5.04. The van der Waals surface area contributed by atoms with E-state index in [-0.39, 0.29) is 0 Å². The van der Waals surface area contributed by atoms with Gasteiger partial charge in [0.05, 0.1) is 11.0 Å². The summed E-state index contributed by atoms with van der Waals surface area (Å²) in [6.07, 6.45) is 6.36. The van der Waals surface area contributed by atoms with Crippen molar-refractivity contribution >= 4 is 22.6 Å². The summed E-state index contributed by atoms with van der Waals surface area (Å²) in [5, 5.41) is 4.45. The number of piperidine rings is 1. The van der Waals surface area contributed by atoms with Crippen LogP contribution < -0.4 is 10.1 Å². The van der Waals surface area contributed by atoms with Gasteiger partial charge in [-0.1, -0.05) is 30.2 Å². The van der Waals surface area contributed by atoms with E-state index in [2.05, 4.69) is 53.8 Å². The van der Waals surface area contributed by atoms with E-state index in [1.165, 1.54) is 49.9 Å². The predicted octanol–water partition coefficient (Wildman–Crippen LogP) is 6.21. The Morgan fingerprint density at radius 3 is 2.76 bits per heavy atom. The van der Waals surface area contributed by atoms with Crippen molar-refractivity contribution in [3.05, 3.63) is 58.9 Å². The van der Waals surface area contributed by atoms with Gasteiger partial charge in [-0.15, -0.1) is 0 Å². The van der Waals surface area contributed by atoms with Crippen LogP contribution in [0.3, 0.4) is 0 Å². The van der Waals surface area contributed by atoms with Crippen molar-refractivity contribution in [3.63, 3.8) is 0 Å². The number of hydrogen-bond donors (Lipinski definition) is 1. The lowest BCUT2D eigenvalue weighted by molar-refractivity contribution is 0.158. The molecular weight excluding hydrogens is 444 g/mol. The van der Waals surface area contributed by atoms with E-state index in [4.69, 9.17) is 21.3 Å². The van der Waals surface area contributed by atoms with Gasteiger partial charge in [0.1, 0.15) is 18.2 Å². The zero-order chi connectivity index (χ0) is 23.9. The first-order valence-electron chi connectivity index (χ1n) is 12.8. The number of aryl methyl sites for hydroxylation is 2. The van der Waals surface area contributed by atoms with E-state index in [0.717, 1.165) is 42.6 Å². The summed E-state index contributed by atoms with van der Waals surface area (Å²) in [4.78, 5) is 7.60. The second-order valence-corrected chi connectivity index (χ2v) is 10.2. The third-order valence-corrected chi connectivity index (χ3v) is 7.33. The van der Waals surface area contributed by atoms with Gasteiger partial charge in [-0.3, -0.25) is 0 Å². The van der Waals surface area contributed by atoms with Crippen LogP contribution in [-0.4, -0.2) is 46.2 Å². The van der Waals surface area contributed by atoms with Gasteiger partial charge in [0.2, 0.25) is 0 Å². The average Bonchev–Trinajstić information content (AvgIpc) is 3.20. The summed E-state index contributed by atoms with van der Waals surface area (Å²) < 4.78 is 8.37. The normalized spacial score (nSPS) is 17.8. The van der Waals surface area contributed by atoms with Gasteiger partial charge in [-0.25, -0.2) is 4.98 Å². The Bertz CT molecular complexity index is 1050. The fraction of sp³-hybridized carbons (Fsp3) is 0.536. The number of ether oxygens (including phenoxy) is 1. The van der Waals surface area contributed by atoms with Crippen LogP contribution in [0.25, 0.3) is 11.0 Å². The van der Waals surface area contributed by atoms with Gasteiger partial charge >= 0.3 is 0 Å². The van der Waals surface area contributed by atoms with E-state index < -0.39 is 0 Å². The molecule has 2 atom stereocenters. The van der Waals surface area contributed by atoms with Crippen molar-refractivity contribution in [2.75, 3.05) is 19.6 Å². The van der Waals surface area contributed by atoms with Gasteiger partial charge in [-0.2, -0.15) is 0 Å². The fourth-order valence-electron chi connectivity index (χ4n) is 4.92. The van der Waals surface area contributed by atoms with Crippen LogP contribution in [0.5, 0.6) is 5.75 Å². The van der Waals surface area contributed by atoms with Gasteiger partial charge in [0, 0.05) is 23.7 Å². The quantitative estimate of drug-likeness (QED) is 0.330. The van der Waals surface area contributed by atoms with Crippen LogP contribution in [0.2, 0.25) is 5.02 Å². The molecular formula is C28H39ClN4O. The minimum absolute atomic E-state index is 0.436. The highest BCUT2D eigenvalue weighted by atomic mass is 35.5. The molecule has 1 saturated heterocycles. The topological polar surface area (TPSA) is 42.3 Å². The number of aromatic nitrogens is 2. The molecule has 0 amide bonds. The maximum atomic E-state index is 6.05. The Morgan fingerprint density at radius 1 is 1.15 bits per heavy atom. The molecule has 184 valence electrons. The summed E-state index contributed by atoms with van der Waals surface area (Å²) >= 11 is 6.01. The van der Waals surface area contributed by atoms with Crippen LogP contribution in [-0.2, 0) is 13.2 Å². The highest BCUT2D eigenvalue weighted by Crippen LogP contribution is 2.23. The van der Waals surface area contributed by atoms with Crippen LogP contribution in [0.1, 0.15) is 57.3 Å². The van der Waals surface area contributed by atoms with Crippen molar-refractivity contribution < 1.29 is 4.74 Å². The minimum Gasteiger partial charge on any atom is -0.486 e. The minimum atomic E-state index is 0.436. The number of fused-ring (bicyclic) bond motifs is 1. The Hall–Kier alpha value is -2.08. The maximum absolute atomic E-state index is 6.05. The van der Waals surface area contributed by atoms with E-state index in [1.807, 2.05) is 24.3 Å². The number of nitrogens with one attached hydrogen (secondary N) is 1. The standard InChI is InChI=1S/C28H39ClN4O/c1-21-8-6-10-26-28(21)31-27(20-34-25-13-11-24(29)12-14-25)33(26)19-15-22(2)30-16-7-18-32-17-5-4-9-23(32)3/h6,8,10-14,22-23,30H,4-5,7,9,15-20H2,1-3H3. The maximum Gasteiger partial charge on any atom is 0.148 e. The number of imidazole rings is 1. The first kappa shape index (κ1) is 25.0. The predicted molar refractivity (Wildman–Crippen MR) is 142 cm³/mol. The highest BCUT2D eigenvalue weighted by molar-refractivity contribution is 6.30. The van der Waals surface area contributed by atoms with E-state index in [1.54, 1.807) is 0 Å². The number of para-hydroxylation sites is 1. The molecule has 3 aromatic rings. The third-order valence-electron chi connectivity index (χ3n) is 7.08. The second kappa shape index (κ2) is 12.1. The summed E-state index contributed by atoms with van der Waals surface area (Å²) in [6.45, 7) is 11.7. The molecule has 0 aliphatic carbocycles. The van der Waals surface area contributed by atoms with Crippen molar-refractivity contribution in [1.82, 2.24) is 19.8 Å². The Kier molecular flexibility index (Phi) is 8.87. The van der Waals surface area contributed by atoms with Crippen molar-refractivity contribution in [3.8, 4) is 5.75 Å². The van der Waals surface area contributed by atoms with E-state index in [0.29, 0.717) is 17.7 Å². The second-order valence-electron chi connectivity index (χ2n) is 9.74. The van der Waals surface area contributed by atoms with Gasteiger partial charge in [-0.05, 0) is 102 Å². The van der Waals surface area contributed by atoms with Gasteiger partial charge in [0.25, 0.3) is 0 Å². The van der Waals surface area contributed by atoms with Gasteiger partial charge < -0.3 is 19.5 Å². The van der Waals surface area contributed by atoms with Crippen LogP contribution in [0.15, 0.2) is 42.5 Å². The number of likely N-dealkylation sites (tertiary alicyclic amines) is 1. The van der Waals surface area contributed by atoms with Gasteiger partial charge in [0.15, 0.2) is 0 Å². The number of hydrogen-bond acceptors (Lipinski definition) is 4. The van der Waals surface area contributed by atoms with Crippen LogP contribution in [0.4, 0.5) is 0 Å². The molecule has 2 heterocycles. The lowest BCUT2D eigenvalue weighted by atomic mass is 10.0. The van der Waals surface area contributed by atoms with Crippen LogP contribution in [0, 0.1) is 6.92 Å². The molecule has 4 rings (SSSR count). The molecule has 0 spiro atoms. The molecule has 2 aromatic carbocycles. The van der Waals surface area contributed by atoms with Crippen molar-refractivity contribution in [1.29, 1.82) is 0 Å². The smallest absolute Gasteiger partial charge is 0.148 e. The first-order valence-corrected chi connectivity index (χ1v) is 13.2. The molecule has 5 nitrogen and oxygen atoms in total. The molecule has 0 bridgehead atoms. The monoisotopic (exact) mass is 482 g/mol. The average molecular weight is 483 g/mol. The third kappa shape index (κ3) is 6.53. The number of nitrogens with zero attached hydrogens (tertiary/aromatic N) is 3. The molecule has 1 aromatic heterocycles. The summed E-state index contributed by atoms with van der Waals surface area (Å²) in [7, 11) is 0. The van der Waals surface area contributed by atoms with Crippen molar-refractivity contribution in [2.45, 2.75) is 78.1 Å². The molecule has 1 aliphatic rings. The molecule has 2 unspecified atom stereocenters. The van der Waals surface area contributed by atoms with Crippen molar-refractivity contribution in [2.24, 2.45) is 0 Å². The van der Waals surface area contributed by atoms with E-state index >= 15 is 0 Å².